The molecule has 200 valence electrons. The third-order valence-corrected chi connectivity index (χ3v) is 7.33. The molecule has 4 aromatic rings. The second-order valence-electron chi connectivity index (χ2n) is 10.00. The number of amides is 1. The Hall–Kier alpha value is -4.34. The largest absolute Gasteiger partial charge is 0.496 e. The van der Waals surface area contributed by atoms with Gasteiger partial charge in [0.05, 0.1) is 35.0 Å². The summed E-state index contributed by atoms with van der Waals surface area (Å²) in [6.45, 7) is 1.24. The number of H-pyrrole nitrogens is 1. The second kappa shape index (κ2) is 10.1. The zero-order valence-electron chi connectivity index (χ0n) is 21.4. The lowest BCUT2D eigenvalue weighted by Crippen LogP contribution is -2.35. The van der Waals surface area contributed by atoms with Crippen LogP contribution in [0.4, 0.5) is 20.3 Å². The van der Waals surface area contributed by atoms with Crippen LogP contribution >= 0.6 is 0 Å². The quantitative estimate of drug-likeness (QED) is 0.340. The maximum absolute atomic E-state index is 15.6. The van der Waals surface area contributed by atoms with E-state index in [1.165, 1.54) is 43.8 Å². The summed E-state index contributed by atoms with van der Waals surface area (Å²) in [5.41, 5.74) is 1.20. The predicted molar refractivity (Wildman–Crippen MR) is 144 cm³/mol. The Morgan fingerprint density at radius 1 is 1.10 bits per heavy atom. The summed E-state index contributed by atoms with van der Waals surface area (Å²) in [7, 11) is 1.43. The summed E-state index contributed by atoms with van der Waals surface area (Å²) in [5.74, 6) is -0.669. The number of rotatable bonds is 6. The lowest BCUT2D eigenvalue weighted by atomic mass is 10.0. The van der Waals surface area contributed by atoms with Gasteiger partial charge in [-0.3, -0.25) is 9.59 Å². The number of nitrogens with one attached hydrogen (secondary N) is 2. The van der Waals surface area contributed by atoms with E-state index in [1.807, 2.05) is 0 Å². The average molecular weight is 532 g/mol. The lowest BCUT2D eigenvalue weighted by Gasteiger charge is -2.27. The van der Waals surface area contributed by atoms with Crippen LogP contribution in [-0.4, -0.2) is 46.0 Å². The number of piperidine rings is 1. The number of carbonyl (C=O) groups is 1. The number of hydrogen-bond donors (Lipinski definition) is 2. The molecule has 8 nitrogen and oxygen atoms in total. The monoisotopic (exact) mass is 531 g/mol. The Morgan fingerprint density at radius 2 is 1.90 bits per heavy atom. The van der Waals surface area contributed by atoms with Crippen LogP contribution in [0.3, 0.4) is 0 Å². The molecular formula is C29H27F2N5O3. The van der Waals surface area contributed by atoms with Crippen molar-refractivity contribution in [1.29, 1.82) is 0 Å². The van der Waals surface area contributed by atoms with Crippen molar-refractivity contribution in [2.75, 3.05) is 25.5 Å². The Morgan fingerprint density at radius 3 is 2.62 bits per heavy atom. The van der Waals surface area contributed by atoms with E-state index in [-0.39, 0.29) is 57.1 Å². The molecule has 2 fully saturated rings. The van der Waals surface area contributed by atoms with E-state index >= 15 is 4.39 Å². The number of halogens is 2. The number of carbonyl (C=O) groups excluding carboxylic acids is 1. The molecule has 1 aliphatic carbocycles. The van der Waals surface area contributed by atoms with Gasteiger partial charge in [-0.05, 0) is 62.3 Å². The predicted octanol–water partition coefficient (Wildman–Crippen LogP) is 5.52. The highest BCUT2D eigenvalue weighted by Crippen LogP contribution is 2.41. The number of hydrogen-bond acceptors (Lipinski definition) is 6. The fourth-order valence-corrected chi connectivity index (χ4v) is 5.12. The molecule has 2 aliphatic rings. The number of benzene rings is 1. The van der Waals surface area contributed by atoms with Gasteiger partial charge >= 0.3 is 0 Å². The van der Waals surface area contributed by atoms with E-state index in [0.29, 0.717) is 24.2 Å². The SMILES string of the molecule is COc1cc(-c2cc(Nc3cc(F)c(C4CC4)cn3)c3c(=O)[nH]ccc3n2)c(F)cc1C(=O)N1CCCCC1. The van der Waals surface area contributed by atoms with E-state index in [4.69, 9.17) is 4.74 Å². The van der Waals surface area contributed by atoms with Gasteiger partial charge in [-0.2, -0.15) is 0 Å². The highest BCUT2D eigenvalue weighted by molar-refractivity contribution is 5.98. The van der Waals surface area contributed by atoms with Gasteiger partial charge in [0.25, 0.3) is 11.5 Å². The van der Waals surface area contributed by atoms with Gasteiger partial charge in [0, 0.05) is 42.7 Å². The zero-order chi connectivity index (χ0) is 27.1. The molecule has 1 aromatic carbocycles. The van der Waals surface area contributed by atoms with Crippen molar-refractivity contribution in [2.45, 2.75) is 38.0 Å². The van der Waals surface area contributed by atoms with Gasteiger partial charge in [0.2, 0.25) is 0 Å². The second-order valence-corrected chi connectivity index (χ2v) is 10.00. The van der Waals surface area contributed by atoms with E-state index in [2.05, 4.69) is 20.3 Å². The Bertz CT molecular complexity index is 1640. The third kappa shape index (κ3) is 4.82. The van der Waals surface area contributed by atoms with Crippen molar-refractivity contribution in [1.82, 2.24) is 19.9 Å². The number of anilines is 2. The number of methoxy groups -OCH3 is 1. The molecule has 39 heavy (non-hydrogen) atoms. The minimum absolute atomic E-state index is 0.0931. The van der Waals surface area contributed by atoms with Crippen LogP contribution in [0, 0.1) is 11.6 Å². The van der Waals surface area contributed by atoms with Crippen LogP contribution in [0.25, 0.3) is 22.2 Å². The number of aromatic amines is 1. The van der Waals surface area contributed by atoms with Crippen LogP contribution in [-0.2, 0) is 0 Å². The van der Waals surface area contributed by atoms with Crippen LogP contribution in [0.2, 0.25) is 0 Å². The van der Waals surface area contributed by atoms with Gasteiger partial charge in [-0.15, -0.1) is 0 Å². The van der Waals surface area contributed by atoms with Gasteiger partial charge in [-0.25, -0.2) is 18.7 Å². The minimum Gasteiger partial charge on any atom is -0.496 e. The molecule has 0 atom stereocenters. The first-order chi connectivity index (χ1) is 18.9. The topological polar surface area (TPSA) is 100 Å². The van der Waals surface area contributed by atoms with Crippen molar-refractivity contribution in [3.63, 3.8) is 0 Å². The summed E-state index contributed by atoms with van der Waals surface area (Å²) in [5, 5.41) is 3.24. The van der Waals surface area contributed by atoms with E-state index in [0.717, 1.165) is 32.1 Å². The highest BCUT2D eigenvalue weighted by atomic mass is 19.1. The van der Waals surface area contributed by atoms with Crippen LogP contribution in [0.15, 0.2) is 47.5 Å². The molecule has 4 heterocycles. The maximum atomic E-state index is 15.6. The Labute approximate surface area is 223 Å². The van der Waals surface area contributed by atoms with Crippen molar-refractivity contribution in [3.8, 4) is 17.0 Å². The number of fused-ring (bicyclic) bond motifs is 1. The molecule has 1 amide bonds. The summed E-state index contributed by atoms with van der Waals surface area (Å²) < 4.78 is 35.8. The highest BCUT2D eigenvalue weighted by Gasteiger charge is 2.27. The van der Waals surface area contributed by atoms with Crippen LogP contribution in [0.1, 0.15) is 53.9 Å². The number of likely N-dealkylation sites (tertiary alicyclic amines) is 1. The molecule has 3 aromatic heterocycles. The van der Waals surface area contributed by atoms with E-state index in [9.17, 15) is 14.0 Å². The molecule has 6 rings (SSSR count). The first-order valence-electron chi connectivity index (χ1n) is 13.0. The van der Waals surface area contributed by atoms with E-state index in [1.54, 1.807) is 11.0 Å². The zero-order valence-corrected chi connectivity index (χ0v) is 21.4. The minimum atomic E-state index is -0.656. The number of ether oxygens (including phenoxy) is 1. The summed E-state index contributed by atoms with van der Waals surface area (Å²) in [6.07, 6.45) is 7.72. The lowest BCUT2D eigenvalue weighted by molar-refractivity contribution is 0.0720. The van der Waals surface area contributed by atoms with Gasteiger partial charge < -0.3 is 19.9 Å². The first-order valence-corrected chi connectivity index (χ1v) is 13.0. The Kier molecular flexibility index (Phi) is 6.46. The van der Waals surface area contributed by atoms with Gasteiger partial charge in [0.1, 0.15) is 23.2 Å². The normalized spacial score (nSPS) is 15.4. The van der Waals surface area contributed by atoms with Gasteiger partial charge in [-0.1, -0.05) is 0 Å². The molecule has 1 aliphatic heterocycles. The fraction of sp³-hybridized carbons (Fsp3) is 0.310. The summed E-state index contributed by atoms with van der Waals surface area (Å²) in [4.78, 5) is 39.0. The van der Waals surface area contributed by atoms with Gasteiger partial charge in [0.15, 0.2) is 0 Å². The van der Waals surface area contributed by atoms with Crippen LogP contribution in [0.5, 0.6) is 5.75 Å². The van der Waals surface area contributed by atoms with E-state index < -0.39 is 11.4 Å². The maximum Gasteiger partial charge on any atom is 0.259 e. The van der Waals surface area contributed by atoms with Crippen molar-refractivity contribution in [2.24, 2.45) is 0 Å². The van der Waals surface area contributed by atoms with Crippen molar-refractivity contribution in [3.05, 3.63) is 75.8 Å². The molecule has 1 saturated heterocycles. The average Bonchev–Trinajstić information content (AvgIpc) is 3.78. The molecule has 2 N–H and O–H groups in total. The molecule has 0 bridgehead atoms. The fourth-order valence-electron chi connectivity index (χ4n) is 5.12. The molecule has 0 unspecified atom stereocenters. The molecular weight excluding hydrogens is 504 g/mol. The molecule has 0 radical (unpaired) electrons. The van der Waals surface area contributed by atoms with Crippen molar-refractivity contribution < 1.29 is 18.3 Å². The van der Waals surface area contributed by atoms with Crippen molar-refractivity contribution >= 4 is 28.3 Å². The summed E-state index contributed by atoms with van der Waals surface area (Å²) in [6, 6.07) is 7.02. The van der Waals surface area contributed by atoms with Crippen LogP contribution < -0.4 is 15.6 Å². The first kappa shape index (κ1) is 25.0. The third-order valence-electron chi connectivity index (χ3n) is 7.33. The number of pyridine rings is 3. The smallest absolute Gasteiger partial charge is 0.259 e. The molecule has 0 spiro atoms. The number of aromatic nitrogens is 3. The number of nitrogens with zero attached hydrogens (tertiary/aromatic N) is 3. The standard InChI is InChI=1S/C29H27F2N5O3/c1-39-25-12-17(20(30)11-18(25)29(38)36-9-3-2-4-10-36)23-14-24(27-22(34-23)7-8-32-28(27)37)35-26-13-21(31)19(15-33-26)16-5-6-16/h7-8,11-16H,2-6,9-10H2,1H3,(H,32,37)(H,33,34,35). The Balaban J connectivity index is 1.42. The molecule has 1 saturated carbocycles. The molecule has 10 heteroatoms. The summed E-state index contributed by atoms with van der Waals surface area (Å²) >= 11 is 0.